The molecule has 2 rings (SSSR count). The molecule has 0 unspecified atom stereocenters. The molecule has 0 heterocycles. The minimum Gasteiger partial charge on any atom is -0.494 e. The molecule has 128 valence electrons. The predicted octanol–water partition coefficient (Wildman–Crippen LogP) is 4.04. The summed E-state index contributed by atoms with van der Waals surface area (Å²) in [5, 5.41) is 2.98. The molecular weight excluding hydrogens is 302 g/mol. The standard InChI is InChI=1S/C20H25NO3/c1-5-23-18-12-10-17(11-13-18)15(3)21-20(22)16(4)24-19-9-7-6-8-14(19)2/h6-13,15-16H,5H2,1-4H3,(H,21,22)/t15-,16-/m1/s1. The highest BCUT2D eigenvalue weighted by Crippen LogP contribution is 2.20. The van der Waals surface area contributed by atoms with Crippen molar-refractivity contribution in [1.29, 1.82) is 0 Å². The second kappa shape index (κ2) is 8.39. The number of hydrogen-bond donors (Lipinski definition) is 1. The van der Waals surface area contributed by atoms with E-state index in [0.717, 1.165) is 22.6 Å². The number of nitrogens with one attached hydrogen (secondary N) is 1. The van der Waals surface area contributed by atoms with Gasteiger partial charge in [-0.2, -0.15) is 0 Å². The quantitative estimate of drug-likeness (QED) is 0.835. The van der Waals surface area contributed by atoms with Gasteiger partial charge >= 0.3 is 0 Å². The molecule has 0 aliphatic carbocycles. The van der Waals surface area contributed by atoms with Crippen molar-refractivity contribution in [2.45, 2.75) is 39.8 Å². The minimum atomic E-state index is -0.559. The van der Waals surface area contributed by atoms with E-state index in [1.165, 1.54) is 0 Å². The van der Waals surface area contributed by atoms with E-state index in [0.29, 0.717) is 6.61 Å². The summed E-state index contributed by atoms with van der Waals surface area (Å²) in [7, 11) is 0. The van der Waals surface area contributed by atoms with Gasteiger partial charge in [-0.15, -0.1) is 0 Å². The van der Waals surface area contributed by atoms with Crippen molar-refractivity contribution >= 4 is 5.91 Å². The third-order valence-corrected chi connectivity index (χ3v) is 3.82. The van der Waals surface area contributed by atoms with Gasteiger partial charge in [-0.1, -0.05) is 30.3 Å². The molecule has 1 amide bonds. The summed E-state index contributed by atoms with van der Waals surface area (Å²) in [6, 6.07) is 15.3. The summed E-state index contributed by atoms with van der Waals surface area (Å²) in [6.07, 6.45) is -0.559. The molecule has 2 aromatic rings. The van der Waals surface area contributed by atoms with Crippen molar-refractivity contribution in [3.05, 3.63) is 59.7 Å². The molecule has 0 bridgehead atoms. The highest BCUT2D eigenvalue weighted by molar-refractivity contribution is 5.81. The molecule has 0 fully saturated rings. The van der Waals surface area contributed by atoms with Gasteiger partial charge in [0.25, 0.3) is 5.91 Å². The van der Waals surface area contributed by atoms with Crippen LogP contribution in [0, 0.1) is 6.92 Å². The second-order valence-electron chi connectivity index (χ2n) is 5.76. The Morgan fingerprint density at radius 3 is 2.38 bits per heavy atom. The third-order valence-electron chi connectivity index (χ3n) is 3.82. The molecule has 0 spiro atoms. The van der Waals surface area contributed by atoms with E-state index in [2.05, 4.69) is 5.32 Å². The largest absolute Gasteiger partial charge is 0.494 e. The Hall–Kier alpha value is -2.49. The highest BCUT2D eigenvalue weighted by atomic mass is 16.5. The average molecular weight is 327 g/mol. The maximum Gasteiger partial charge on any atom is 0.261 e. The van der Waals surface area contributed by atoms with E-state index in [4.69, 9.17) is 9.47 Å². The van der Waals surface area contributed by atoms with Crippen LogP contribution in [0.2, 0.25) is 0 Å². The highest BCUT2D eigenvalue weighted by Gasteiger charge is 2.18. The fraction of sp³-hybridized carbons (Fsp3) is 0.350. The van der Waals surface area contributed by atoms with E-state index in [-0.39, 0.29) is 11.9 Å². The molecule has 0 aliphatic rings. The number of carbonyl (C=O) groups is 1. The summed E-state index contributed by atoms with van der Waals surface area (Å²) in [5.41, 5.74) is 2.03. The number of rotatable bonds is 7. The average Bonchev–Trinajstić information content (AvgIpc) is 2.57. The van der Waals surface area contributed by atoms with Gasteiger partial charge < -0.3 is 14.8 Å². The van der Waals surface area contributed by atoms with Gasteiger partial charge in [0.1, 0.15) is 11.5 Å². The molecule has 24 heavy (non-hydrogen) atoms. The van der Waals surface area contributed by atoms with E-state index in [9.17, 15) is 4.79 Å². The zero-order chi connectivity index (χ0) is 17.5. The summed E-state index contributed by atoms with van der Waals surface area (Å²) < 4.78 is 11.2. The molecule has 0 radical (unpaired) electrons. The van der Waals surface area contributed by atoms with Crippen LogP contribution < -0.4 is 14.8 Å². The number of para-hydroxylation sites is 1. The van der Waals surface area contributed by atoms with Crippen molar-refractivity contribution < 1.29 is 14.3 Å². The van der Waals surface area contributed by atoms with Crippen LogP contribution in [0.1, 0.15) is 37.9 Å². The van der Waals surface area contributed by atoms with Crippen molar-refractivity contribution in [3.63, 3.8) is 0 Å². The molecule has 0 saturated heterocycles. The Morgan fingerprint density at radius 1 is 1.08 bits per heavy atom. The van der Waals surface area contributed by atoms with Crippen LogP contribution in [-0.4, -0.2) is 18.6 Å². The van der Waals surface area contributed by atoms with Gasteiger partial charge in [-0.3, -0.25) is 4.79 Å². The molecule has 4 heteroatoms. The summed E-state index contributed by atoms with van der Waals surface area (Å²) in [4.78, 5) is 12.4. The Bertz CT molecular complexity index is 667. The van der Waals surface area contributed by atoms with Crippen LogP contribution in [0.5, 0.6) is 11.5 Å². The maximum absolute atomic E-state index is 12.4. The summed E-state index contributed by atoms with van der Waals surface area (Å²) >= 11 is 0. The number of ether oxygens (including phenoxy) is 2. The predicted molar refractivity (Wildman–Crippen MR) is 95.4 cm³/mol. The molecule has 2 atom stereocenters. The smallest absolute Gasteiger partial charge is 0.261 e. The first-order valence-electron chi connectivity index (χ1n) is 8.26. The first-order chi connectivity index (χ1) is 11.5. The zero-order valence-electron chi connectivity index (χ0n) is 14.7. The van der Waals surface area contributed by atoms with Gasteiger partial charge in [0.05, 0.1) is 12.6 Å². The van der Waals surface area contributed by atoms with E-state index < -0.39 is 6.10 Å². The van der Waals surface area contributed by atoms with E-state index in [1.54, 1.807) is 6.92 Å². The number of aryl methyl sites for hydroxylation is 1. The van der Waals surface area contributed by atoms with Gasteiger partial charge in [-0.05, 0) is 57.0 Å². The fourth-order valence-electron chi connectivity index (χ4n) is 2.37. The molecule has 1 N–H and O–H groups in total. The molecule has 4 nitrogen and oxygen atoms in total. The van der Waals surface area contributed by atoms with Crippen molar-refractivity contribution in [2.24, 2.45) is 0 Å². The number of benzene rings is 2. The lowest BCUT2D eigenvalue weighted by Gasteiger charge is -2.20. The van der Waals surface area contributed by atoms with Crippen LogP contribution >= 0.6 is 0 Å². The van der Waals surface area contributed by atoms with Crippen LogP contribution in [-0.2, 0) is 4.79 Å². The Morgan fingerprint density at radius 2 is 1.75 bits per heavy atom. The van der Waals surface area contributed by atoms with Crippen LogP contribution in [0.25, 0.3) is 0 Å². The monoisotopic (exact) mass is 327 g/mol. The van der Waals surface area contributed by atoms with Crippen LogP contribution in [0.3, 0.4) is 0 Å². The van der Waals surface area contributed by atoms with Crippen molar-refractivity contribution in [3.8, 4) is 11.5 Å². The third kappa shape index (κ3) is 4.75. The first-order valence-corrected chi connectivity index (χ1v) is 8.26. The van der Waals surface area contributed by atoms with E-state index in [1.807, 2.05) is 69.3 Å². The Balaban J connectivity index is 1.94. The minimum absolute atomic E-state index is 0.101. The Kier molecular flexibility index (Phi) is 6.24. The zero-order valence-corrected chi connectivity index (χ0v) is 14.7. The fourth-order valence-corrected chi connectivity index (χ4v) is 2.37. The van der Waals surface area contributed by atoms with Crippen molar-refractivity contribution in [1.82, 2.24) is 5.32 Å². The van der Waals surface area contributed by atoms with Gasteiger partial charge in [0.15, 0.2) is 6.10 Å². The molecule has 0 aromatic heterocycles. The SMILES string of the molecule is CCOc1ccc([C@@H](C)NC(=O)[C@@H](C)Oc2ccccc2C)cc1. The first kappa shape index (κ1) is 17.9. The second-order valence-corrected chi connectivity index (χ2v) is 5.76. The molecule has 0 aliphatic heterocycles. The summed E-state index contributed by atoms with van der Waals surface area (Å²) in [5.74, 6) is 1.42. The van der Waals surface area contributed by atoms with Gasteiger partial charge in [0.2, 0.25) is 0 Å². The number of hydrogen-bond acceptors (Lipinski definition) is 3. The van der Waals surface area contributed by atoms with Crippen LogP contribution in [0.15, 0.2) is 48.5 Å². The van der Waals surface area contributed by atoms with Crippen molar-refractivity contribution in [2.75, 3.05) is 6.61 Å². The van der Waals surface area contributed by atoms with Gasteiger partial charge in [0, 0.05) is 0 Å². The molecule has 2 aromatic carbocycles. The summed E-state index contributed by atoms with van der Waals surface area (Å²) in [6.45, 7) is 8.26. The number of amides is 1. The topological polar surface area (TPSA) is 47.6 Å². The lowest BCUT2D eigenvalue weighted by molar-refractivity contribution is -0.127. The van der Waals surface area contributed by atoms with E-state index >= 15 is 0 Å². The van der Waals surface area contributed by atoms with Crippen LogP contribution in [0.4, 0.5) is 0 Å². The lowest BCUT2D eigenvalue weighted by atomic mass is 10.1. The molecule has 0 saturated carbocycles. The lowest BCUT2D eigenvalue weighted by Crippen LogP contribution is -2.37. The normalized spacial score (nSPS) is 13.0. The maximum atomic E-state index is 12.4. The Labute approximate surface area is 143 Å². The molecular formula is C20H25NO3. The van der Waals surface area contributed by atoms with Gasteiger partial charge in [-0.25, -0.2) is 0 Å². The number of carbonyl (C=O) groups excluding carboxylic acids is 1.